The van der Waals surface area contributed by atoms with Gasteiger partial charge in [-0.15, -0.1) is 10.2 Å². The lowest BCUT2D eigenvalue weighted by Crippen LogP contribution is -2.29. The Morgan fingerprint density at radius 2 is 1.66 bits per heavy atom. The van der Waals surface area contributed by atoms with Crippen LogP contribution in [0.5, 0.6) is 11.5 Å². The van der Waals surface area contributed by atoms with Gasteiger partial charge >= 0.3 is 5.91 Å². The van der Waals surface area contributed by atoms with Crippen LogP contribution in [0.4, 0.5) is 5.13 Å². The lowest BCUT2D eigenvalue weighted by Gasteiger charge is -2.23. The summed E-state index contributed by atoms with van der Waals surface area (Å²) >= 11 is 8.68. The van der Waals surface area contributed by atoms with Crippen molar-refractivity contribution in [3.63, 3.8) is 0 Å². The summed E-state index contributed by atoms with van der Waals surface area (Å²) in [5.74, 6) is -0.341. The molecular weight excluding hydrogens is 654 g/mol. The Morgan fingerprint density at radius 1 is 0.915 bits per heavy atom. The second-order valence-corrected chi connectivity index (χ2v) is 13.3. The molecule has 1 fully saturated rings. The molecule has 47 heavy (non-hydrogen) atoms. The molecule has 1 atom stereocenters. The smallest absolute Gasteiger partial charge is 0.301 e. The fourth-order valence-corrected chi connectivity index (χ4v) is 7.06. The van der Waals surface area contributed by atoms with Crippen LogP contribution in [-0.4, -0.2) is 33.6 Å². The zero-order chi connectivity index (χ0) is 32.9. The van der Waals surface area contributed by atoms with E-state index in [-0.39, 0.29) is 16.5 Å². The number of Topliss-reactive ketones (excluding diaryl/α,β-unsaturated/α-hetero) is 1. The van der Waals surface area contributed by atoms with Crippen LogP contribution in [0.25, 0.3) is 5.76 Å². The third kappa shape index (κ3) is 7.20. The van der Waals surface area contributed by atoms with Crippen molar-refractivity contribution in [1.82, 2.24) is 10.2 Å². The SMILES string of the molecule is CCOc1cc(C2C(=C(O)c3ccc(C)cc3)C(=O)C(=O)N2c2nnc(SCc3ccc(Cl)cc3)s2)ccc1OCc1ccccc1. The van der Waals surface area contributed by atoms with Crippen molar-refractivity contribution >= 4 is 57.3 Å². The minimum absolute atomic E-state index is 0.0511. The fraction of sp³-hybridized carbons (Fsp3) is 0.167. The Bertz CT molecular complexity index is 1930. The normalized spacial score (nSPS) is 15.6. The number of aliphatic hydroxyl groups excluding tert-OH is 1. The number of aryl methyl sites for hydroxylation is 1. The summed E-state index contributed by atoms with van der Waals surface area (Å²) in [6.07, 6.45) is 0. The van der Waals surface area contributed by atoms with Crippen LogP contribution in [-0.2, 0) is 21.9 Å². The minimum Gasteiger partial charge on any atom is -0.507 e. The quantitative estimate of drug-likeness (QED) is 0.0487. The molecule has 8 nitrogen and oxygen atoms in total. The highest BCUT2D eigenvalue weighted by atomic mass is 35.5. The van der Waals surface area contributed by atoms with Crippen molar-refractivity contribution in [2.75, 3.05) is 11.5 Å². The highest BCUT2D eigenvalue weighted by Gasteiger charge is 2.48. The molecule has 1 N–H and O–H groups in total. The average molecular weight is 684 g/mol. The summed E-state index contributed by atoms with van der Waals surface area (Å²) < 4.78 is 12.7. The number of nitrogens with zero attached hydrogens (tertiary/aromatic N) is 3. The van der Waals surface area contributed by atoms with Crippen molar-refractivity contribution < 1.29 is 24.2 Å². The monoisotopic (exact) mass is 683 g/mol. The van der Waals surface area contributed by atoms with E-state index in [9.17, 15) is 14.7 Å². The first kappa shape index (κ1) is 32.3. The lowest BCUT2D eigenvalue weighted by molar-refractivity contribution is -0.132. The van der Waals surface area contributed by atoms with Crippen molar-refractivity contribution in [2.24, 2.45) is 0 Å². The number of carbonyl (C=O) groups is 2. The molecule has 1 aliphatic heterocycles. The molecule has 1 aromatic heterocycles. The second kappa shape index (κ2) is 14.4. The van der Waals surface area contributed by atoms with Gasteiger partial charge in [0.25, 0.3) is 5.78 Å². The number of ether oxygens (including phenoxy) is 2. The zero-order valence-corrected chi connectivity index (χ0v) is 27.9. The number of ketones is 1. The van der Waals surface area contributed by atoms with E-state index in [1.807, 2.05) is 80.6 Å². The Labute approximate surface area is 285 Å². The van der Waals surface area contributed by atoms with E-state index in [0.29, 0.717) is 51.0 Å². The predicted octanol–water partition coefficient (Wildman–Crippen LogP) is 8.40. The number of anilines is 1. The molecule has 238 valence electrons. The molecule has 2 heterocycles. The zero-order valence-electron chi connectivity index (χ0n) is 25.6. The van der Waals surface area contributed by atoms with Crippen LogP contribution in [0.2, 0.25) is 5.02 Å². The molecule has 1 amide bonds. The first-order valence-corrected chi connectivity index (χ1v) is 17.0. The molecule has 0 bridgehead atoms. The topological polar surface area (TPSA) is 102 Å². The second-order valence-electron chi connectivity index (χ2n) is 10.7. The maximum absolute atomic E-state index is 13.7. The molecule has 1 aliphatic rings. The van der Waals surface area contributed by atoms with Crippen LogP contribution >= 0.6 is 34.7 Å². The van der Waals surface area contributed by atoms with Crippen molar-refractivity contribution in [1.29, 1.82) is 0 Å². The van der Waals surface area contributed by atoms with Gasteiger partial charge in [-0.25, -0.2) is 0 Å². The van der Waals surface area contributed by atoms with Gasteiger partial charge in [-0.1, -0.05) is 113 Å². The number of hydrogen-bond donors (Lipinski definition) is 1. The van der Waals surface area contributed by atoms with Crippen molar-refractivity contribution in [3.8, 4) is 11.5 Å². The van der Waals surface area contributed by atoms with E-state index >= 15 is 0 Å². The highest BCUT2D eigenvalue weighted by molar-refractivity contribution is 8.00. The third-order valence-electron chi connectivity index (χ3n) is 7.47. The van der Waals surface area contributed by atoms with E-state index in [2.05, 4.69) is 10.2 Å². The largest absolute Gasteiger partial charge is 0.507 e. The van der Waals surface area contributed by atoms with Gasteiger partial charge in [0.2, 0.25) is 5.13 Å². The molecule has 4 aromatic carbocycles. The van der Waals surface area contributed by atoms with Crippen molar-refractivity contribution in [2.45, 2.75) is 36.6 Å². The first-order chi connectivity index (χ1) is 22.8. The number of aromatic nitrogens is 2. The van der Waals surface area contributed by atoms with Gasteiger partial charge in [-0.2, -0.15) is 0 Å². The molecule has 6 rings (SSSR count). The van der Waals surface area contributed by atoms with E-state index in [1.165, 1.54) is 28.0 Å². The van der Waals surface area contributed by atoms with Crippen LogP contribution in [0.15, 0.2) is 107 Å². The molecule has 1 saturated heterocycles. The summed E-state index contributed by atoms with van der Waals surface area (Å²) in [7, 11) is 0. The third-order valence-corrected chi connectivity index (χ3v) is 9.85. The number of aliphatic hydroxyl groups is 1. The van der Waals surface area contributed by atoms with Gasteiger partial charge in [0.15, 0.2) is 15.8 Å². The van der Waals surface area contributed by atoms with Gasteiger partial charge in [-0.05, 0) is 54.8 Å². The summed E-state index contributed by atoms with van der Waals surface area (Å²) in [6.45, 7) is 4.48. The molecule has 0 aliphatic carbocycles. The van der Waals surface area contributed by atoms with Crippen LogP contribution in [0.1, 0.15) is 40.8 Å². The minimum atomic E-state index is -0.999. The molecule has 0 radical (unpaired) electrons. The van der Waals surface area contributed by atoms with Gasteiger partial charge < -0.3 is 14.6 Å². The Morgan fingerprint density at radius 3 is 2.38 bits per heavy atom. The van der Waals surface area contributed by atoms with E-state index in [1.54, 1.807) is 30.3 Å². The van der Waals surface area contributed by atoms with E-state index in [0.717, 1.165) is 16.7 Å². The molecule has 0 saturated carbocycles. The number of carbonyl (C=O) groups excluding carboxylic acids is 2. The molecule has 11 heteroatoms. The van der Waals surface area contributed by atoms with Crippen LogP contribution in [0.3, 0.4) is 0 Å². The number of amides is 1. The van der Waals surface area contributed by atoms with Crippen LogP contribution < -0.4 is 14.4 Å². The highest BCUT2D eigenvalue weighted by Crippen LogP contribution is 2.45. The number of rotatable bonds is 11. The van der Waals surface area contributed by atoms with Gasteiger partial charge in [0.1, 0.15) is 12.4 Å². The van der Waals surface area contributed by atoms with E-state index < -0.39 is 17.7 Å². The predicted molar refractivity (Wildman–Crippen MR) is 185 cm³/mol. The Hall–Kier alpha value is -4.64. The maximum Gasteiger partial charge on any atom is 0.301 e. The molecule has 0 spiro atoms. The average Bonchev–Trinajstić information content (AvgIpc) is 3.66. The first-order valence-electron chi connectivity index (χ1n) is 14.8. The summed E-state index contributed by atoms with van der Waals surface area (Å²) in [4.78, 5) is 28.8. The number of thioether (sulfide) groups is 1. The maximum atomic E-state index is 13.7. The molecule has 1 unspecified atom stereocenters. The fourth-order valence-electron chi connectivity index (χ4n) is 5.11. The Balaban J connectivity index is 1.39. The standard InChI is InChI=1S/C36H30ClN3O5S2/c1-3-44-29-19-26(15-18-28(29)45-20-23-7-5-4-6-8-23)31-30(32(41)25-13-9-22(2)10-14-25)33(42)34(43)40(31)35-38-39-36(47-35)46-21-24-11-16-27(37)17-12-24/h4-19,31,41H,3,20-21H2,1-2H3. The van der Waals surface area contributed by atoms with Gasteiger partial charge in [-0.3, -0.25) is 14.5 Å². The van der Waals surface area contributed by atoms with Gasteiger partial charge in [0, 0.05) is 16.3 Å². The molecule has 5 aromatic rings. The Kier molecular flexibility index (Phi) is 9.91. The number of hydrogen-bond acceptors (Lipinski definition) is 9. The van der Waals surface area contributed by atoms with Crippen molar-refractivity contribution in [3.05, 3.63) is 135 Å². The number of halogens is 1. The molecular formula is C36H30ClN3O5S2. The summed E-state index contributed by atoms with van der Waals surface area (Å²) in [6, 6.07) is 28.7. The van der Waals surface area contributed by atoms with Gasteiger partial charge in [0.05, 0.1) is 18.2 Å². The summed E-state index contributed by atoms with van der Waals surface area (Å²) in [5.41, 5.74) is 3.94. The van der Waals surface area contributed by atoms with Crippen LogP contribution in [0, 0.1) is 6.92 Å². The van der Waals surface area contributed by atoms with E-state index in [4.69, 9.17) is 21.1 Å². The lowest BCUT2D eigenvalue weighted by atomic mass is 9.95. The number of benzene rings is 4. The summed E-state index contributed by atoms with van der Waals surface area (Å²) in [5, 5.41) is 21.1.